The third kappa shape index (κ3) is 4.13. The Bertz CT molecular complexity index is 953. The Kier molecular flexibility index (Phi) is 5.35. The van der Waals surface area contributed by atoms with Gasteiger partial charge in [-0.15, -0.1) is 0 Å². The topological polar surface area (TPSA) is 69.6 Å². The summed E-state index contributed by atoms with van der Waals surface area (Å²) >= 11 is 0. The zero-order chi connectivity index (χ0) is 20.5. The average Bonchev–Trinajstić information content (AvgIpc) is 2.95. The van der Waals surface area contributed by atoms with Crippen LogP contribution in [0.5, 0.6) is 11.5 Å². The summed E-state index contributed by atoms with van der Waals surface area (Å²) in [5, 5.41) is 2.59. The van der Waals surface area contributed by atoms with Crippen LogP contribution in [0.15, 0.2) is 35.3 Å². The van der Waals surface area contributed by atoms with E-state index >= 15 is 0 Å². The maximum Gasteiger partial charge on any atom is 0.421 e. The summed E-state index contributed by atoms with van der Waals surface area (Å²) in [5.74, 6) is 0.388. The van der Waals surface area contributed by atoms with Crippen molar-refractivity contribution in [3.05, 3.63) is 51.9 Å². The first-order chi connectivity index (χ1) is 13.2. The minimum Gasteiger partial charge on any atom is -0.492 e. The van der Waals surface area contributed by atoms with Crippen LogP contribution >= 0.6 is 0 Å². The number of fused-ring (bicyclic) bond motifs is 1. The number of rotatable bonds is 5. The Balaban J connectivity index is 1.83. The molecule has 3 rings (SSSR count). The fraction of sp³-hybridized carbons (Fsp3) is 0.368. The van der Waals surface area contributed by atoms with Crippen molar-refractivity contribution in [1.82, 2.24) is 4.57 Å². The Morgan fingerprint density at radius 1 is 1.39 bits per heavy atom. The average molecular weight is 396 g/mol. The van der Waals surface area contributed by atoms with E-state index in [-0.39, 0.29) is 6.10 Å². The van der Waals surface area contributed by atoms with Crippen LogP contribution in [0.1, 0.15) is 25.0 Å². The van der Waals surface area contributed by atoms with Crippen molar-refractivity contribution in [3.8, 4) is 11.5 Å². The van der Waals surface area contributed by atoms with Gasteiger partial charge in [-0.3, -0.25) is 9.59 Å². The lowest BCUT2D eigenvalue weighted by molar-refractivity contribution is -0.139. The van der Waals surface area contributed by atoms with Crippen LogP contribution in [-0.2, 0) is 23.9 Å². The Labute approximate surface area is 158 Å². The highest BCUT2D eigenvalue weighted by Gasteiger charge is 2.34. The molecule has 2 aromatic rings. The molecule has 0 saturated heterocycles. The van der Waals surface area contributed by atoms with Crippen molar-refractivity contribution in [2.75, 3.05) is 11.9 Å². The van der Waals surface area contributed by atoms with E-state index < -0.39 is 29.8 Å². The van der Waals surface area contributed by atoms with Crippen molar-refractivity contribution < 1.29 is 27.4 Å². The number of pyridine rings is 1. The summed E-state index contributed by atoms with van der Waals surface area (Å²) in [6.07, 6.45) is -2.94. The Morgan fingerprint density at radius 3 is 2.82 bits per heavy atom. The predicted molar refractivity (Wildman–Crippen MR) is 95.7 cm³/mol. The van der Waals surface area contributed by atoms with Gasteiger partial charge in [0, 0.05) is 24.2 Å². The molecule has 1 aromatic heterocycles. The van der Waals surface area contributed by atoms with Gasteiger partial charge in [-0.1, -0.05) is 0 Å². The highest BCUT2D eigenvalue weighted by Crippen LogP contribution is 2.38. The smallest absolute Gasteiger partial charge is 0.421 e. The first-order valence-corrected chi connectivity index (χ1v) is 8.72. The van der Waals surface area contributed by atoms with Crippen LogP contribution in [0.2, 0.25) is 0 Å². The molecule has 0 saturated carbocycles. The maximum absolute atomic E-state index is 12.9. The number of nitrogens with zero attached hydrogens (tertiary/aromatic N) is 1. The monoisotopic (exact) mass is 396 g/mol. The van der Waals surface area contributed by atoms with E-state index in [1.165, 1.54) is 0 Å². The lowest BCUT2D eigenvalue weighted by Crippen LogP contribution is -2.32. The molecule has 1 aromatic carbocycles. The van der Waals surface area contributed by atoms with Gasteiger partial charge in [0.25, 0.3) is 5.56 Å². The molecule has 1 amide bonds. The van der Waals surface area contributed by atoms with E-state index in [0.717, 1.165) is 17.8 Å². The van der Waals surface area contributed by atoms with Crippen LogP contribution in [0.25, 0.3) is 0 Å². The summed E-state index contributed by atoms with van der Waals surface area (Å²) in [7, 11) is 0. The van der Waals surface area contributed by atoms with Gasteiger partial charge in [0.15, 0.2) is 0 Å². The molecule has 0 aliphatic carbocycles. The first kappa shape index (κ1) is 19.8. The number of aromatic nitrogens is 1. The van der Waals surface area contributed by atoms with E-state index in [4.69, 9.17) is 9.47 Å². The van der Waals surface area contributed by atoms with E-state index in [1.54, 1.807) is 19.1 Å². The molecule has 9 heteroatoms. The van der Waals surface area contributed by atoms with Crippen molar-refractivity contribution >= 4 is 11.6 Å². The van der Waals surface area contributed by atoms with E-state index in [1.807, 2.05) is 6.92 Å². The highest BCUT2D eigenvalue weighted by atomic mass is 19.4. The molecule has 1 N–H and O–H groups in total. The molecule has 0 spiro atoms. The number of alkyl halides is 3. The third-order valence-electron chi connectivity index (χ3n) is 4.21. The minimum absolute atomic E-state index is 0.000821. The van der Waals surface area contributed by atoms with E-state index in [0.29, 0.717) is 40.8 Å². The van der Waals surface area contributed by atoms with Crippen LogP contribution < -0.4 is 20.3 Å². The van der Waals surface area contributed by atoms with Crippen molar-refractivity contribution in [2.45, 2.75) is 39.1 Å². The lowest BCUT2D eigenvalue weighted by Gasteiger charge is -2.14. The summed E-state index contributed by atoms with van der Waals surface area (Å²) in [6, 6.07) is 5.15. The van der Waals surface area contributed by atoms with Crippen molar-refractivity contribution in [1.29, 1.82) is 0 Å². The molecule has 1 atom stereocenters. The minimum atomic E-state index is -4.78. The second kappa shape index (κ2) is 7.57. The van der Waals surface area contributed by atoms with Gasteiger partial charge in [-0.25, -0.2) is 0 Å². The van der Waals surface area contributed by atoms with Gasteiger partial charge in [-0.2, -0.15) is 13.2 Å². The zero-order valence-electron chi connectivity index (χ0n) is 15.3. The van der Waals surface area contributed by atoms with Gasteiger partial charge >= 0.3 is 6.18 Å². The van der Waals surface area contributed by atoms with Crippen molar-refractivity contribution in [2.24, 2.45) is 0 Å². The Morgan fingerprint density at radius 2 is 2.14 bits per heavy atom. The number of hydrogen-bond donors (Lipinski definition) is 1. The number of halogens is 3. The standard InChI is InChI=1S/C19H19F3N2O4/c1-3-27-16-8-12-7-11(2)28-15(12)9-14(16)23-17(25)10-24-6-4-5-13(18(24)26)19(20,21)22/h4-6,8-9,11H,3,7,10H2,1-2H3,(H,23,25). The van der Waals surface area contributed by atoms with Gasteiger partial charge in [0.2, 0.25) is 5.91 Å². The second-order valence-corrected chi connectivity index (χ2v) is 6.42. The quantitative estimate of drug-likeness (QED) is 0.843. The summed E-state index contributed by atoms with van der Waals surface area (Å²) < 4.78 is 50.5. The normalized spacial score (nSPS) is 15.7. The molecule has 0 fully saturated rings. The molecule has 2 heterocycles. The maximum atomic E-state index is 12.9. The SMILES string of the molecule is CCOc1cc2c(cc1NC(=O)Cn1cccc(C(F)(F)F)c1=O)OC(C)C2. The molecule has 1 aliphatic heterocycles. The molecule has 28 heavy (non-hydrogen) atoms. The van der Waals surface area contributed by atoms with Gasteiger partial charge < -0.3 is 19.4 Å². The molecular weight excluding hydrogens is 377 g/mol. The fourth-order valence-corrected chi connectivity index (χ4v) is 3.03. The number of ether oxygens (including phenoxy) is 2. The molecule has 0 radical (unpaired) electrons. The van der Waals surface area contributed by atoms with Gasteiger partial charge in [0.05, 0.1) is 12.3 Å². The van der Waals surface area contributed by atoms with Crippen LogP contribution in [-0.4, -0.2) is 23.2 Å². The molecule has 0 bridgehead atoms. The molecule has 6 nitrogen and oxygen atoms in total. The molecular formula is C19H19F3N2O4. The van der Waals surface area contributed by atoms with Crippen LogP contribution in [0.4, 0.5) is 18.9 Å². The number of benzene rings is 1. The predicted octanol–water partition coefficient (Wildman–Crippen LogP) is 3.23. The summed E-state index contributed by atoms with van der Waals surface area (Å²) in [6.45, 7) is 3.51. The third-order valence-corrected chi connectivity index (χ3v) is 4.21. The van der Waals surface area contributed by atoms with Gasteiger partial charge in [0.1, 0.15) is 29.7 Å². The molecule has 1 unspecified atom stereocenters. The number of amides is 1. The molecule has 150 valence electrons. The van der Waals surface area contributed by atoms with Crippen LogP contribution in [0.3, 0.4) is 0 Å². The lowest BCUT2D eigenvalue weighted by atomic mass is 10.1. The largest absolute Gasteiger partial charge is 0.492 e. The first-order valence-electron chi connectivity index (χ1n) is 8.72. The number of carbonyl (C=O) groups excluding carboxylic acids is 1. The second-order valence-electron chi connectivity index (χ2n) is 6.42. The number of nitrogens with one attached hydrogen (secondary N) is 1. The fourth-order valence-electron chi connectivity index (χ4n) is 3.03. The molecule has 1 aliphatic rings. The summed E-state index contributed by atoms with van der Waals surface area (Å²) in [5.41, 5.74) is -1.32. The Hall–Kier alpha value is -2.97. The van der Waals surface area contributed by atoms with Gasteiger partial charge in [-0.05, 0) is 32.0 Å². The number of carbonyl (C=O) groups is 1. The van der Waals surface area contributed by atoms with Crippen molar-refractivity contribution in [3.63, 3.8) is 0 Å². The number of hydrogen-bond acceptors (Lipinski definition) is 4. The summed E-state index contributed by atoms with van der Waals surface area (Å²) in [4.78, 5) is 24.3. The van der Waals surface area contributed by atoms with E-state index in [9.17, 15) is 22.8 Å². The van der Waals surface area contributed by atoms with E-state index in [2.05, 4.69) is 5.32 Å². The van der Waals surface area contributed by atoms with Crippen LogP contribution in [0, 0.1) is 0 Å². The highest BCUT2D eigenvalue weighted by molar-refractivity contribution is 5.92. The number of anilines is 1. The zero-order valence-corrected chi connectivity index (χ0v) is 15.3.